The molecule has 0 aliphatic heterocycles. The minimum Gasteiger partial charge on any atom is -0.493 e. The Morgan fingerprint density at radius 1 is 0.943 bits per heavy atom. The zero-order valence-corrected chi connectivity index (χ0v) is 21.6. The number of carbonyl (C=O) groups is 2. The van der Waals surface area contributed by atoms with Gasteiger partial charge in [0.1, 0.15) is 11.5 Å². The standard InChI is InChI=1S/C24H19BrCl2N2O6/c1-32-21-6-3-14(10-22(21)33-2)24(31)35-19-7-4-16(25)9-15(19)12-28-29-23(30)13-34-20-8-5-17(26)11-18(20)27/h3-12H,13H2,1-2H3,(H,29,30)/b28-12+. The lowest BCUT2D eigenvalue weighted by Gasteiger charge is -2.11. The van der Waals surface area contributed by atoms with E-state index in [9.17, 15) is 9.59 Å². The number of nitrogens with zero attached hydrogens (tertiary/aromatic N) is 1. The highest BCUT2D eigenvalue weighted by molar-refractivity contribution is 9.10. The number of hydrogen-bond acceptors (Lipinski definition) is 7. The molecule has 35 heavy (non-hydrogen) atoms. The molecule has 0 unspecified atom stereocenters. The van der Waals surface area contributed by atoms with Crippen molar-refractivity contribution >= 4 is 57.2 Å². The fourth-order valence-corrected chi connectivity index (χ4v) is 3.62. The van der Waals surface area contributed by atoms with Gasteiger partial charge in [-0.2, -0.15) is 5.10 Å². The fraction of sp³-hybridized carbons (Fsp3) is 0.125. The summed E-state index contributed by atoms with van der Waals surface area (Å²) in [5.41, 5.74) is 3.05. The number of hydrogen-bond donors (Lipinski definition) is 1. The van der Waals surface area contributed by atoms with Crippen LogP contribution in [0, 0.1) is 0 Å². The molecule has 0 heterocycles. The number of esters is 1. The van der Waals surface area contributed by atoms with Crippen LogP contribution in [0.25, 0.3) is 0 Å². The van der Waals surface area contributed by atoms with Gasteiger partial charge in [0.2, 0.25) is 0 Å². The van der Waals surface area contributed by atoms with Crippen molar-refractivity contribution < 1.29 is 28.5 Å². The van der Waals surface area contributed by atoms with Gasteiger partial charge < -0.3 is 18.9 Å². The first-order chi connectivity index (χ1) is 16.8. The first kappa shape index (κ1) is 26.3. The second kappa shape index (κ2) is 12.4. The van der Waals surface area contributed by atoms with Crippen LogP contribution in [0.15, 0.2) is 64.2 Å². The van der Waals surface area contributed by atoms with E-state index >= 15 is 0 Å². The van der Waals surface area contributed by atoms with Gasteiger partial charge in [-0.05, 0) is 54.6 Å². The summed E-state index contributed by atoms with van der Waals surface area (Å²) in [6.45, 7) is -0.321. The third-order valence-corrected chi connectivity index (χ3v) is 5.46. The second-order valence-electron chi connectivity index (χ2n) is 6.80. The summed E-state index contributed by atoms with van der Waals surface area (Å²) in [5.74, 6) is 0.288. The molecule has 0 saturated heterocycles. The molecule has 0 aliphatic rings. The Hall–Kier alpha value is -3.27. The molecule has 0 saturated carbocycles. The summed E-state index contributed by atoms with van der Waals surface area (Å²) in [5, 5.41) is 4.65. The van der Waals surface area contributed by atoms with Crippen molar-refractivity contribution in [2.24, 2.45) is 5.10 Å². The third kappa shape index (κ3) is 7.35. The molecular weight excluding hydrogens is 563 g/mol. The molecular formula is C24H19BrCl2N2O6. The predicted molar refractivity (Wildman–Crippen MR) is 136 cm³/mol. The van der Waals surface area contributed by atoms with E-state index < -0.39 is 11.9 Å². The van der Waals surface area contributed by atoms with Crippen molar-refractivity contribution in [2.75, 3.05) is 20.8 Å². The van der Waals surface area contributed by atoms with Crippen molar-refractivity contribution in [1.82, 2.24) is 5.43 Å². The minimum atomic E-state index is -0.611. The van der Waals surface area contributed by atoms with Gasteiger partial charge in [-0.3, -0.25) is 4.79 Å². The van der Waals surface area contributed by atoms with Crippen molar-refractivity contribution in [3.8, 4) is 23.0 Å². The summed E-state index contributed by atoms with van der Waals surface area (Å²) in [6.07, 6.45) is 1.34. The maximum atomic E-state index is 12.7. The molecule has 0 radical (unpaired) electrons. The Balaban J connectivity index is 1.65. The molecule has 3 aromatic carbocycles. The van der Waals surface area contributed by atoms with E-state index in [1.807, 2.05) is 0 Å². The number of methoxy groups -OCH3 is 2. The number of rotatable bonds is 9. The van der Waals surface area contributed by atoms with E-state index in [2.05, 4.69) is 26.5 Å². The molecule has 0 fully saturated rings. The average Bonchev–Trinajstić information content (AvgIpc) is 2.84. The highest BCUT2D eigenvalue weighted by Gasteiger charge is 2.15. The number of hydrazone groups is 1. The van der Waals surface area contributed by atoms with Crippen LogP contribution >= 0.6 is 39.1 Å². The number of amides is 1. The van der Waals surface area contributed by atoms with Crippen molar-refractivity contribution in [2.45, 2.75) is 0 Å². The molecule has 1 amide bonds. The van der Waals surface area contributed by atoms with Crippen LogP contribution < -0.4 is 24.4 Å². The van der Waals surface area contributed by atoms with Gasteiger partial charge in [0.25, 0.3) is 5.91 Å². The Kier molecular flexibility index (Phi) is 9.36. The lowest BCUT2D eigenvalue weighted by Crippen LogP contribution is -2.24. The summed E-state index contributed by atoms with van der Waals surface area (Å²) >= 11 is 15.2. The third-order valence-electron chi connectivity index (χ3n) is 4.44. The molecule has 0 aliphatic carbocycles. The normalized spacial score (nSPS) is 10.7. The van der Waals surface area contributed by atoms with E-state index in [1.54, 1.807) is 42.5 Å². The van der Waals surface area contributed by atoms with Gasteiger partial charge in [-0.25, -0.2) is 10.2 Å². The summed E-state index contributed by atoms with van der Waals surface area (Å²) in [4.78, 5) is 24.8. The quantitative estimate of drug-likeness (QED) is 0.155. The molecule has 3 rings (SSSR count). The van der Waals surface area contributed by atoms with E-state index in [0.717, 1.165) is 4.47 Å². The summed E-state index contributed by atoms with van der Waals surface area (Å²) in [7, 11) is 2.97. The Bertz CT molecular complexity index is 1270. The Morgan fingerprint density at radius 3 is 2.37 bits per heavy atom. The summed E-state index contributed by atoms with van der Waals surface area (Å²) in [6, 6.07) is 14.3. The lowest BCUT2D eigenvalue weighted by atomic mass is 10.2. The fourth-order valence-electron chi connectivity index (χ4n) is 2.78. The second-order valence-corrected chi connectivity index (χ2v) is 8.56. The van der Waals surface area contributed by atoms with Crippen LogP contribution in [0.2, 0.25) is 10.0 Å². The molecule has 3 aromatic rings. The molecule has 182 valence electrons. The first-order valence-electron chi connectivity index (χ1n) is 9.94. The van der Waals surface area contributed by atoms with Crippen LogP contribution in [-0.4, -0.2) is 38.9 Å². The smallest absolute Gasteiger partial charge is 0.343 e. The van der Waals surface area contributed by atoms with E-state index in [-0.39, 0.29) is 22.9 Å². The molecule has 8 nitrogen and oxygen atoms in total. The van der Waals surface area contributed by atoms with Gasteiger partial charge in [0, 0.05) is 15.1 Å². The lowest BCUT2D eigenvalue weighted by molar-refractivity contribution is -0.123. The number of ether oxygens (including phenoxy) is 4. The minimum absolute atomic E-state index is 0.232. The molecule has 11 heteroatoms. The van der Waals surface area contributed by atoms with Crippen LogP contribution in [0.3, 0.4) is 0 Å². The first-order valence-corrected chi connectivity index (χ1v) is 11.5. The van der Waals surface area contributed by atoms with E-state index in [4.69, 9.17) is 42.1 Å². The van der Waals surface area contributed by atoms with Crippen molar-refractivity contribution in [3.05, 3.63) is 80.2 Å². The monoisotopic (exact) mass is 580 g/mol. The largest absolute Gasteiger partial charge is 0.493 e. The van der Waals surface area contributed by atoms with Gasteiger partial charge in [-0.1, -0.05) is 39.1 Å². The highest BCUT2D eigenvalue weighted by atomic mass is 79.9. The number of carbonyl (C=O) groups excluding carboxylic acids is 2. The molecule has 0 spiro atoms. The number of halogens is 3. The summed E-state index contributed by atoms with van der Waals surface area (Å²) < 4.78 is 22.0. The van der Waals surface area contributed by atoms with Crippen molar-refractivity contribution in [1.29, 1.82) is 0 Å². The van der Waals surface area contributed by atoms with Gasteiger partial charge >= 0.3 is 5.97 Å². The zero-order chi connectivity index (χ0) is 25.4. The van der Waals surface area contributed by atoms with Gasteiger partial charge in [0.15, 0.2) is 18.1 Å². The maximum Gasteiger partial charge on any atom is 0.343 e. The van der Waals surface area contributed by atoms with Crippen molar-refractivity contribution in [3.63, 3.8) is 0 Å². The predicted octanol–water partition coefficient (Wildman–Crippen LogP) is 5.52. The van der Waals surface area contributed by atoms with Crippen LogP contribution in [0.4, 0.5) is 0 Å². The molecule has 1 N–H and O–H groups in total. The topological polar surface area (TPSA) is 95.5 Å². The number of nitrogens with one attached hydrogen (secondary N) is 1. The van der Waals surface area contributed by atoms with Crippen LogP contribution in [-0.2, 0) is 4.79 Å². The Morgan fingerprint density at radius 2 is 1.66 bits per heavy atom. The Labute approximate surface area is 219 Å². The highest BCUT2D eigenvalue weighted by Crippen LogP contribution is 2.29. The van der Waals surface area contributed by atoms with Gasteiger partial charge in [-0.15, -0.1) is 0 Å². The zero-order valence-electron chi connectivity index (χ0n) is 18.5. The molecule has 0 aromatic heterocycles. The maximum absolute atomic E-state index is 12.7. The SMILES string of the molecule is COc1ccc(C(=O)Oc2ccc(Br)cc2/C=N/NC(=O)COc2ccc(Cl)cc2Cl)cc1OC. The molecule has 0 bridgehead atoms. The van der Waals surface area contributed by atoms with Crippen LogP contribution in [0.5, 0.6) is 23.0 Å². The average molecular weight is 582 g/mol. The van der Waals surface area contributed by atoms with Crippen LogP contribution in [0.1, 0.15) is 15.9 Å². The van der Waals surface area contributed by atoms with E-state index in [0.29, 0.717) is 27.8 Å². The van der Waals surface area contributed by atoms with Gasteiger partial charge in [0.05, 0.1) is 31.0 Å². The number of benzene rings is 3. The van der Waals surface area contributed by atoms with E-state index in [1.165, 1.54) is 32.6 Å². The molecule has 0 atom stereocenters.